The van der Waals surface area contributed by atoms with Crippen molar-refractivity contribution in [3.8, 4) is 0 Å². The minimum atomic E-state index is -0.362. The maximum Gasteiger partial charge on any atom is 0.251 e. The van der Waals surface area contributed by atoms with Crippen LogP contribution in [0.25, 0.3) is 0 Å². The van der Waals surface area contributed by atoms with Crippen molar-refractivity contribution < 1.29 is 14.3 Å². The Morgan fingerprint density at radius 3 is 2.57 bits per heavy atom. The lowest BCUT2D eigenvalue weighted by Crippen LogP contribution is -2.27. The fraction of sp³-hybridized carbons (Fsp3) is 0.500. The van der Waals surface area contributed by atoms with E-state index >= 15 is 0 Å². The van der Waals surface area contributed by atoms with Crippen molar-refractivity contribution in [1.82, 2.24) is 5.32 Å². The molecule has 0 aliphatic heterocycles. The van der Waals surface area contributed by atoms with Crippen LogP contribution in [0.2, 0.25) is 0 Å². The summed E-state index contributed by atoms with van der Waals surface area (Å²) in [7, 11) is 0. The number of benzene rings is 1. The van der Waals surface area contributed by atoms with E-state index in [-0.39, 0.29) is 24.0 Å². The molecule has 0 radical (unpaired) electrons. The molecular weight excluding hydrogens is 268 g/mol. The second kappa shape index (κ2) is 7.78. The first-order valence-electron chi connectivity index (χ1n) is 7.14. The van der Waals surface area contributed by atoms with Crippen LogP contribution < -0.4 is 10.6 Å². The highest BCUT2D eigenvalue weighted by atomic mass is 16.5. The predicted molar refractivity (Wildman–Crippen MR) is 83.4 cm³/mol. The number of amides is 2. The summed E-state index contributed by atoms with van der Waals surface area (Å²) in [4.78, 5) is 23.6. The van der Waals surface area contributed by atoms with Gasteiger partial charge in [0.05, 0.1) is 5.60 Å². The minimum absolute atomic E-state index is 0.0181. The third-order valence-electron chi connectivity index (χ3n) is 2.58. The molecule has 2 amide bonds. The van der Waals surface area contributed by atoms with Crippen molar-refractivity contribution in [2.45, 2.75) is 39.7 Å². The first kappa shape index (κ1) is 17.2. The first-order valence-corrected chi connectivity index (χ1v) is 7.14. The van der Waals surface area contributed by atoms with E-state index in [0.29, 0.717) is 17.8 Å². The number of ether oxygens (including phenoxy) is 1. The molecule has 0 saturated heterocycles. The Hall–Kier alpha value is -1.88. The SMILES string of the molecule is CCCNC(=O)c1cccc(NC(=O)COC(C)(C)C)c1. The normalized spacial score (nSPS) is 11.0. The quantitative estimate of drug-likeness (QED) is 0.847. The summed E-state index contributed by atoms with van der Waals surface area (Å²) in [6.07, 6.45) is 0.881. The van der Waals surface area contributed by atoms with Gasteiger partial charge in [-0.3, -0.25) is 9.59 Å². The molecule has 0 aromatic heterocycles. The van der Waals surface area contributed by atoms with Gasteiger partial charge >= 0.3 is 0 Å². The summed E-state index contributed by atoms with van der Waals surface area (Å²) in [6, 6.07) is 6.85. The van der Waals surface area contributed by atoms with Crippen LogP contribution >= 0.6 is 0 Å². The molecule has 0 aliphatic carbocycles. The lowest BCUT2D eigenvalue weighted by atomic mass is 10.2. The number of carbonyl (C=O) groups excluding carboxylic acids is 2. The van der Waals surface area contributed by atoms with E-state index in [9.17, 15) is 9.59 Å². The molecule has 0 aliphatic rings. The Kier molecular flexibility index (Phi) is 6.37. The molecule has 0 saturated carbocycles. The molecule has 1 rings (SSSR count). The van der Waals surface area contributed by atoms with Gasteiger partial charge < -0.3 is 15.4 Å². The maximum atomic E-state index is 11.9. The second-order valence-electron chi connectivity index (χ2n) is 5.79. The van der Waals surface area contributed by atoms with E-state index < -0.39 is 0 Å². The van der Waals surface area contributed by atoms with Crippen LogP contribution in [0.5, 0.6) is 0 Å². The van der Waals surface area contributed by atoms with Gasteiger partial charge in [-0.2, -0.15) is 0 Å². The van der Waals surface area contributed by atoms with Gasteiger partial charge in [-0.05, 0) is 45.4 Å². The molecule has 5 heteroatoms. The molecule has 0 heterocycles. The zero-order chi connectivity index (χ0) is 15.9. The lowest BCUT2D eigenvalue weighted by Gasteiger charge is -2.19. The summed E-state index contributed by atoms with van der Waals surface area (Å²) in [5, 5.41) is 5.52. The fourth-order valence-corrected chi connectivity index (χ4v) is 1.56. The minimum Gasteiger partial charge on any atom is -0.366 e. The molecule has 21 heavy (non-hydrogen) atoms. The average molecular weight is 292 g/mol. The standard InChI is InChI=1S/C16H24N2O3/c1-5-9-17-15(20)12-7-6-8-13(10-12)18-14(19)11-21-16(2,3)4/h6-8,10H,5,9,11H2,1-4H3,(H,17,20)(H,18,19). The van der Waals surface area contributed by atoms with Crippen molar-refractivity contribution in [3.05, 3.63) is 29.8 Å². The molecule has 1 aromatic carbocycles. The molecule has 5 nitrogen and oxygen atoms in total. The van der Waals surface area contributed by atoms with Crippen molar-refractivity contribution in [2.75, 3.05) is 18.5 Å². The van der Waals surface area contributed by atoms with Crippen LogP contribution in [0.15, 0.2) is 24.3 Å². The average Bonchev–Trinajstić information content (AvgIpc) is 2.42. The molecule has 0 fully saturated rings. The summed E-state index contributed by atoms with van der Waals surface area (Å²) in [5.41, 5.74) is 0.749. The number of hydrogen-bond donors (Lipinski definition) is 2. The smallest absolute Gasteiger partial charge is 0.251 e. The van der Waals surface area contributed by atoms with Gasteiger partial charge in [0.15, 0.2) is 0 Å². The van der Waals surface area contributed by atoms with Gasteiger partial charge in [-0.25, -0.2) is 0 Å². The molecule has 1 aromatic rings. The Labute approximate surface area is 126 Å². The van der Waals surface area contributed by atoms with Crippen LogP contribution in [0, 0.1) is 0 Å². The number of nitrogens with one attached hydrogen (secondary N) is 2. The molecule has 0 spiro atoms. The first-order chi connectivity index (χ1) is 9.81. The zero-order valence-corrected chi connectivity index (χ0v) is 13.2. The number of rotatable bonds is 6. The molecule has 116 valence electrons. The molecule has 2 N–H and O–H groups in total. The van der Waals surface area contributed by atoms with Gasteiger partial charge in [0.1, 0.15) is 6.61 Å². The van der Waals surface area contributed by atoms with Crippen molar-refractivity contribution in [3.63, 3.8) is 0 Å². The van der Waals surface area contributed by atoms with Crippen molar-refractivity contribution in [2.24, 2.45) is 0 Å². The van der Waals surface area contributed by atoms with E-state index in [0.717, 1.165) is 6.42 Å². The topological polar surface area (TPSA) is 67.4 Å². The van der Waals surface area contributed by atoms with Crippen molar-refractivity contribution >= 4 is 17.5 Å². The summed E-state index contributed by atoms with van der Waals surface area (Å²) in [5.74, 6) is -0.380. The summed E-state index contributed by atoms with van der Waals surface area (Å²) in [6.45, 7) is 8.27. The summed E-state index contributed by atoms with van der Waals surface area (Å²) >= 11 is 0. The van der Waals surface area contributed by atoms with E-state index in [2.05, 4.69) is 10.6 Å². The monoisotopic (exact) mass is 292 g/mol. The van der Waals surface area contributed by atoms with Crippen LogP contribution in [0.1, 0.15) is 44.5 Å². The van der Waals surface area contributed by atoms with Gasteiger partial charge in [0, 0.05) is 17.8 Å². The Morgan fingerprint density at radius 2 is 1.95 bits per heavy atom. The van der Waals surface area contributed by atoms with Crippen molar-refractivity contribution in [1.29, 1.82) is 0 Å². The third-order valence-corrected chi connectivity index (χ3v) is 2.58. The molecule has 0 bridgehead atoms. The van der Waals surface area contributed by atoms with Crippen LogP contribution in [-0.2, 0) is 9.53 Å². The third kappa shape index (κ3) is 6.90. The van der Waals surface area contributed by atoms with E-state index in [4.69, 9.17) is 4.74 Å². The maximum absolute atomic E-state index is 11.9. The van der Waals surface area contributed by atoms with Gasteiger partial charge in [-0.15, -0.1) is 0 Å². The number of anilines is 1. The highest BCUT2D eigenvalue weighted by Crippen LogP contribution is 2.11. The van der Waals surface area contributed by atoms with E-state index in [1.165, 1.54) is 0 Å². The lowest BCUT2D eigenvalue weighted by molar-refractivity contribution is -0.125. The Bertz CT molecular complexity index is 493. The molecule has 0 unspecified atom stereocenters. The molecular formula is C16H24N2O3. The highest BCUT2D eigenvalue weighted by Gasteiger charge is 2.13. The Balaban J connectivity index is 2.60. The Morgan fingerprint density at radius 1 is 1.24 bits per heavy atom. The van der Waals surface area contributed by atoms with Gasteiger partial charge in [0.2, 0.25) is 5.91 Å². The predicted octanol–water partition coefficient (Wildman–Crippen LogP) is 2.58. The van der Waals surface area contributed by atoms with E-state index in [1.54, 1.807) is 24.3 Å². The highest BCUT2D eigenvalue weighted by molar-refractivity contribution is 5.97. The number of carbonyl (C=O) groups is 2. The largest absolute Gasteiger partial charge is 0.366 e. The number of hydrogen-bond acceptors (Lipinski definition) is 3. The molecule has 0 atom stereocenters. The zero-order valence-electron chi connectivity index (χ0n) is 13.2. The van der Waals surface area contributed by atoms with Crippen LogP contribution in [-0.4, -0.2) is 30.6 Å². The van der Waals surface area contributed by atoms with E-state index in [1.807, 2.05) is 27.7 Å². The van der Waals surface area contributed by atoms with Gasteiger partial charge in [-0.1, -0.05) is 13.0 Å². The van der Waals surface area contributed by atoms with Crippen LogP contribution in [0.4, 0.5) is 5.69 Å². The van der Waals surface area contributed by atoms with Gasteiger partial charge in [0.25, 0.3) is 5.91 Å². The summed E-state index contributed by atoms with van der Waals surface area (Å²) < 4.78 is 5.40. The van der Waals surface area contributed by atoms with Crippen LogP contribution in [0.3, 0.4) is 0 Å². The second-order valence-corrected chi connectivity index (χ2v) is 5.79. The fourth-order valence-electron chi connectivity index (χ4n) is 1.56.